The van der Waals surface area contributed by atoms with E-state index in [0.29, 0.717) is 5.56 Å². The third kappa shape index (κ3) is 1.59. The van der Waals surface area contributed by atoms with Gasteiger partial charge in [0.05, 0.1) is 5.56 Å². The minimum absolute atomic E-state index is 0.350. The number of benzene rings is 1. The molecule has 0 bridgehead atoms. The van der Waals surface area contributed by atoms with Crippen LogP contribution < -0.4 is 5.73 Å². The predicted octanol–water partition coefficient (Wildman–Crippen LogP) is 2.19. The highest BCUT2D eigenvalue weighted by Crippen LogP contribution is 2.43. The Hall–Kier alpha value is -1.48. The van der Waals surface area contributed by atoms with Gasteiger partial charge < -0.3 is 5.73 Å². The van der Waals surface area contributed by atoms with E-state index in [2.05, 4.69) is 10.8 Å². The fourth-order valence-corrected chi connectivity index (χ4v) is 3.11. The monoisotopic (exact) mass is 205 g/mol. The van der Waals surface area contributed by atoms with Crippen LogP contribution in [0.3, 0.4) is 0 Å². The Kier molecular flexibility index (Phi) is 2.41. The largest absolute Gasteiger partial charge is 0.366 e. The maximum Gasteiger partial charge on any atom is 0.249 e. The molecular weight excluding hydrogens is 194 g/mol. The SMILES string of the molecule is NC(=O)c1ccccc1[SH]1C=CC=C1. The van der Waals surface area contributed by atoms with Gasteiger partial charge in [0.1, 0.15) is 0 Å². The van der Waals surface area contributed by atoms with Gasteiger partial charge in [-0.3, -0.25) is 4.79 Å². The summed E-state index contributed by atoms with van der Waals surface area (Å²) in [5.74, 6) is -0.350. The average molecular weight is 205 g/mol. The minimum atomic E-state index is -0.455. The highest BCUT2D eigenvalue weighted by molar-refractivity contribution is 8.22. The molecule has 1 amide bonds. The van der Waals surface area contributed by atoms with Crippen LogP contribution in [0.25, 0.3) is 0 Å². The van der Waals surface area contributed by atoms with E-state index < -0.39 is 10.9 Å². The van der Waals surface area contributed by atoms with Crippen LogP contribution in [0.15, 0.2) is 52.1 Å². The molecule has 0 unspecified atom stereocenters. The number of amides is 1. The summed E-state index contributed by atoms with van der Waals surface area (Å²) in [6.07, 6.45) is 4.01. The van der Waals surface area contributed by atoms with E-state index in [1.807, 2.05) is 30.4 Å². The van der Waals surface area contributed by atoms with Gasteiger partial charge in [-0.1, -0.05) is 24.3 Å². The molecule has 14 heavy (non-hydrogen) atoms. The summed E-state index contributed by atoms with van der Waals surface area (Å²) < 4.78 is 0. The lowest BCUT2D eigenvalue weighted by Gasteiger charge is -2.13. The summed E-state index contributed by atoms with van der Waals surface area (Å²) in [7, 11) is -0.455. The summed E-state index contributed by atoms with van der Waals surface area (Å²) in [4.78, 5) is 12.2. The van der Waals surface area contributed by atoms with Crippen LogP contribution in [0.5, 0.6) is 0 Å². The molecule has 0 fully saturated rings. The second-order valence-electron chi connectivity index (χ2n) is 2.97. The second-order valence-corrected chi connectivity index (χ2v) is 4.86. The quantitative estimate of drug-likeness (QED) is 0.714. The van der Waals surface area contributed by atoms with Gasteiger partial charge >= 0.3 is 0 Å². The van der Waals surface area contributed by atoms with Crippen molar-refractivity contribution in [3.63, 3.8) is 0 Å². The van der Waals surface area contributed by atoms with E-state index in [-0.39, 0.29) is 5.91 Å². The van der Waals surface area contributed by atoms with Gasteiger partial charge in [0.15, 0.2) is 0 Å². The first-order chi connectivity index (χ1) is 6.79. The standard InChI is InChI=1S/C11H11NOS/c12-11(13)9-5-1-2-6-10(9)14-7-3-4-8-14/h1-8,14H,(H2,12,13). The predicted molar refractivity (Wildman–Crippen MR) is 60.5 cm³/mol. The number of rotatable bonds is 2. The zero-order valence-corrected chi connectivity index (χ0v) is 8.45. The molecule has 0 saturated heterocycles. The molecule has 2 N–H and O–H groups in total. The van der Waals surface area contributed by atoms with Crippen molar-refractivity contribution in [2.45, 2.75) is 4.90 Å². The minimum Gasteiger partial charge on any atom is -0.366 e. The van der Waals surface area contributed by atoms with Crippen LogP contribution in [0.2, 0.25) is 0 Å². The van der Waals surface area contributed by atoms with Crippen LogP contribution in [0.1, 0.15) is 10.4 Å². The van der Waals surface area contributed by atoms with Crippen molar-refractivity contribution in [3.8, 4) is 0 Å². The number of allylic oxidation sites excluding steroid dienone is 2. The van der Waals surface area contributed by atoms with E-state index in [1.165, 1.54) is 0 Å². The zero-order chi connectivity index (χ0) is 9.97. The third-order valence-corrected chi connectivity index (χ3v) is 3.99. The molecule has 0 saturated carbocycles. The first kappa shape index (κ1) is 9.09. The lowest BCUT2D eigenvalue weighted by Crippen LogP contribution is -2.12. The fourth-order valence-electron chi connectivity index (χ4n) is 1.40. The van der Waals surface area contributed by atoms with E-state index in [1.54, 1.807) is 6.07 Å². The Bertz CT molecular complexity index is 411. The Morgan fingerprint density at radius 1 is 1.14 bits per heavy atom. The molecule has 0 spiro atoms. The average Bonchev–Trinajstić information content (AvgIpc) is 2.70. The number of carbonyl (C=O) groups is 1. The molecule has 1 aliphatic heterocycles. The number of nitrogens with two attached hydrogens (primary N) is 1. The maximum absolute atomic E-state index is 11.2. The van der Waals surface area contributed by atoms with Gasteiger partial charge in [0.25, 0.3) is 0 Å². The van der Waals surface area contributed by atoms with E-state index in [9.17, 15) is 4.79 Å². The van der Waals surface area contributed by atoms with Gasteiger partial charge in [-0.25, -0.2) is 0 Å². The zero-order valence-electron chi connectivity index (χ0n) is 7.55. The van der Waals surface area contributed by atoms with Crippen molar-refractivity contribution in [2.75, 3.05) is 0 Å². The van der Waals surface area contributed by atoms with Crippen LogP contribution in [-0.4, -0.2) is 5.91 Å². The van der Waals surface area contributed by atoms with Gasteiger partial charge in [-0.05, 0) is 22.9 Å². The summed E-state index contributed by atoms with van der Waals surface area (Å²) >= 11 is 0. The van der Waals surface area contributed by atoms with Crippen molar-refractivity contribution in [1.82, 2.24) is 0 Å². The first-order valence-electron chi connectivity index (χ1n) is 4.31. The van der Waals surface area contributed by atoms with Crippen LogP contribution in [0, 0.1) is 0 Å². The molecule has 3 heteroatoms. The van der Waals surface area contributed by atoms with Gasteiger partial charge in [-0.15, -0.1) is 0 Å². The molecule has 0 aliphatic carbocycles. The summed E-state index contributed by atoms with van der Waals surface area (Å²) in [5, 5.41) is 4.22. The van der Waals surface area contributed by atoms with Crippen LogP contribution in [-0.2, 0) is 0 Å². The van der Waals surface area contributed by atoms with Crippen LogP contribution in [0.4, 0.5) is 0 Å². The Morgan fingerprint density at radius 3 is 2.43 bits per heavy atom. The number of primary amides is 1. The summed E-state index contributed by atoms with van der Waals surface area (Å²) in [6.45, 7) is 0. The molecule has 2 nitrogen and oxygen atoms in total. The highest BCUT2D eigenvalue weighted by atomic mass is 32.2. The van der Waals surface area contributed by atoms with Crippen molar-refractivity contribution in [1.29, 1.82) is 0 Å². The first-order valence-corrected chi connectivity index (χ1v) is 5.79. The van der Waals surface area contributed by atoms with Crippen molar-refractivity contribution >= 4 is 16.8 Å². The van der Waals surface area contributed by atoms with Crippen molar-refractivity contribution in [2.24, 2.45) is 5.73 Å². The molecule has 72 valence electrons. The Morgan fingerprint density at radius 2 is 1.79 bits per heavy atom. The van der Waals surface area contributed by atoms with E-state index in [0.717, 1.165) is 4.90 Å². The number of thiol groups is 1. The fraction of sp³-hybridized carbons (Fsp3) is 0. The lowest BCUT2D eigenvalue weighted by molar-refractivity contribution is 0.0997. The van der Waals surface area contributed by atoms with Crippen LogP contribution >= 0.6 is 10.9 Å². The molecule has 0 aromatic heterocycles. The molecule has 1 heterocycles. The topological polar surface area (TPSA) is 43.1 Å². The number of hydrogen-bond acceptors (Lipinski definition) is 1. The molecule has 0 atom stereocenters. The second kappa shape index (κ2) is 3.72. The van der Waals surface area contributed by atoms with Gasteiger partial charge in [0, 0.05) is 4.90 Å². The van der Waals surface area contributed by atoms with Crippen molar-refractivity contribution < 1.29 is 4.79 Å². The molecule has 1 aromatic carbocycles. The molecular formula is C11H11NOS. The van der Waals surface area contributed by atoms with Gasteiger partial charge in [-0.2, -0.15) is 10.9 Å². The van der Waals surface area contributed by atoms with Crippen molar-refractivity contribution in [3.05, 3.63) is 52.8 Å². The molecule has 1 aliphatic rings. The molecule has 1 aromatic rings. The number of carbonyl (C=O) groups excluding carboxylic acids is 1. The summed E-state index contributed by atoms with van der Waals surface area (Å²) in [5.41, 5.74) is 5.94. The maximum atomic E-state index is 11.2. The van der Waals surface area contributed by atoms with Gasteiger partial charge in [0.2, 0.25) is 5.91 Å². The molecule has 2 rings (SSSR count). The normalized spacial score (nSPS) is 16.1. The summed E-state index contributed by atoms with van der Waals surface area (Å²) in [6, 6.07) is 7.51. The number of hydrogen-bond donors (Lipinski definition) is 2. The molecule has 0 radical (unpaired) electrons. The smallest absolute Gasteiger partial charge is 0.249 e. The highest BCUT2D eigenvalue weighted by Gasteiger charge is 2.11. The lowest BCUT2D eigenvalue weighted by atomic mass is 10.2. The van der Waals surface area contributed by atoms with E-state index >= 15 is 0 Å². The Labute approximate surface area is 85.5 Å². The Balaban J connectivity index is 2.46. The third-order valence-electron chi connectivity index (χ3n) is 2.05. The van der Waals surface area contributed by atoms with E-state index in [4.69, 9.17) is 5.73 Å².